The highest BCUT2D eigenvalue weighted by Crippen LogP contribution is 2.49. The van der Waals surface area contributed by atoms with Gasteiger partial charge in [-0.1, -0.05) is 63.9 Å². The molecule has 68 heavy (non-hydrogen) atoms. The first kappa shape index (κ1) is 54.3. The number of carbonyl (C=O) groups is 7. The second-order valence-electron chi connectivity index (χ2n) is 18.3. The molecule has 4 heterocycles. The van der Waals surface area contributed by atoms with Crippen molar-refractivity contribution in [2.75, 3.05) is 52.1 Å². The number of hydrogen-bond acceptors (Lipinski definition) is 15. The number of likely N-dealkylation sites (N-methyl/N-ethyl adjacent to an activating group) is 1. The summed E-state index contributed by atoms with van der Waals surface area (Å²) in [6.45, 7) is 11.3. The SMILES string of the molecule is COc1cc2cc(c1Cl)N(C)C(=O)C[C@H](OC(=O)[C@H](C)N(C)C(=O)CCC(C)(C)SSCCNC(=O)CCN1C(=O)C=CC1=O)[C@]1(C)O[C@H]1[C@H](C)[C@@H]1C[C@@](O)(NC(=O)O1)[C@H](OC)/C=C/C=C(\C)C2. The molecule has 5 rings (SSSR count). The highest BCUT2D eigenvalue weighted by molar-refractivity contribution is 8.77. The summed E-state index contributed by atoms with van der Waals surface area (Å²) in [4.78, 5) is 94.4. The summed E-state index contributed by atoms with van der Waals surface area (Å²) >= 11 is 6.81. The molecular formula is C47H64ClN5O13S2. The molecular weight excluding hydrogens is 942 g/mol. The van der Waals surface area contributed by atoms with E-state index in [0.29, 0.717) is 36.6 Å². The fourth-order valence-electron chi connectivity index (χ4n) is 8.23. The normalized spacial score (nSPS) is 28.1. The molecule has 4 bridgehead atoms. The van der Waals surface area contributed by atoms with Gasteiger partial charge in [0.2, 0.25) is 17.7 Å². The molecule has 374 valence electrons. The van der Waals surface area contributed by atoms with E-state index in [9.17, 15) is 38.7 Å². The predicted molar refractivity (Wildman–Crippen MR) is 258 cm³/mol. The number of aliphatic hydroxyl groups is 1. The van der Waals surface area contributed by atoms with E-state index < -0.39 is 77.5 Å². The number of halogens is 1. The molecule has 2 saturated heterocycles. The fourth-order valence-corrected chi connectivity index (χ4v) is 11.0. The lowest BCUT2D eigenvalue weighted by molar-refractivity contribution is -0.162. The number of hydrogen-bond donors (Lipinski definition) is 3. The molecule has 0 saturated carbocycles. The zero-order chi connectivity index (χ0) is 50.3. The van der Waals surface area contributed by atoms with Crippen LogP contribution in [0.25, 0.3) is 0 Å². The molecule has 21 heteroatoms. The number of imide groups is 1. The zero-order valence-corrected chi connectivity index (χ0v) is 42.6. The van der Waals surface area contributed by atoms with Gasteiger partial charge in [-0.15, -0.1) is 0 Å². The van der Waals surface area contributed by atoms with Crippen LogP contribution in [0.2, 0.25) is 5.02 Å². The van der Waals surface area contributed by atoms with Crippen LogP contribution in [0.3, 0.4) is 0 Å². The van der Waals surface area contributed by atoms with Crippen LogP contribution in [0.5, 0.6) is 5.75 Å². The van der Waals surface area contributed by atoms with E-state index in [1.807, 2.05) is 26.8 Å². The minimum Gasteiger partial charge on any atom is -0.495 e. The van der Waals surface area contributed by atoms with Gasteiger partial charge in [-0.25, -0.2) is 9.59 Å². The largest absolute Gasteiger partial charge is 0.495 e. The third-order valence-corrected chi connectivity index (χ3v) is 16.5. The molecule has 4 aliphatic rings. The number of allylic oxidation sites excluding steroid dienone is 3. The lowest BCUT2D eigenvalue weighted by Gasteiger charge is -2.42. The van der Waals surface area contributed by atoms with Crippen molar-refractivity contribution in [2.24, 2.45) is 5.92 Å². The Labute approximate surface area is 410 Å². The first-order valence-electron chi connectivity index (χ1n) is 22.4. The first-order chi connectivity index (χ1) is 31.9. The molecule has 0 aliphatic carbocycles. The van der Waals surface area contributed by atoms with Crippen molar-refractivity contribution in [3.8, 4) is 5.75 Å². The van der Waals surface area contributed by atoms with Gasteiger partial charge in [-0.05, 0) is 65.2 Å². The number of benzene rings is 1. The maximum atomic E-state index is 14.3. The maximum absolute atomic E-state index is 14.3. The molecule has 0 aromatic heterocycles. The van der Waals surface area contributed by atoms with E-state index >= 15 is 0 Å². The van der Waals surface area contributed by atoms with Crippen LogP contribution in [-0.4, -0.2) is 150 Å². The molecule has 2 fully saturated rings. The first-order valence-corrected chi connectivity index (χ1v) is 25.1. The van der Waals surface area contributed by atoms with Crippen LogP contribution in [0.1, 0.15) is 79.2 Å². The number of rotatable bonds is 16. The third-order valence-electron chi connectivity index (χ3n) is 12.7. The average Bonchev–Trinajstić information content (AvgIpc) is 3.88. The summed E-state index contributed by atoms with van der Waals surface area (Å²) in [6.07, 6.45) is 3.52. The van der Waals surface area contributed by atoms with Crippen LogP contribution in [0.15, 0.2) is 48.1 Å². The molecule has 3 N–H and O–H groups in total. The summed E-state index contributed by atoms with van der Waals surface area (Å²) in [6, 6.07) is 2.49. The molecule has 0 unspecified atom stereocenters. The van der Waals surface area contributed by atoms with Crippen LogP contribution < -0.4 is 20.3 Å². The van der Waals surface area contributed by atoms with Crippen LogP contribution >= 0.6 is 33.2 Å². The lowest BCUT2D eigenvalue weighted by Crippen LogP contribution is -2.63. The fraction of sp³-hybridized carbons (Fsp3) is 0.596. The van der Waals surface area contributed by atoms with Crippen molar-refractivity contribution < 1.29 is 62.4 Å². The van der Waals surface area contributed by atoms with Gasteiger partial charge in [0.05, 0.1) is 25.3 Å². The third kappa shape index (κ3) is 13.4. The van der Waals surface area contributed by atoms with Crippen molar-refractivity contribution >= 4 is 80.5 Å². The summed E-state index contributed by atoms with van der Waals surface area (Å²) in [5.74, 6) is -2.34. The second-order valence-corrected chi connectivity index (χ2v) is 21.8. The number of epoxide rings is 1. The van der Waals surface area contributed by atoms with Crippen LogP contribution in [0.4, 0.5) is 10.5 Å². The number of esters is 1. The Morgan fingerprint density at radius 3 is 2.49 bits per heavy atom. The van der Waals surface area contributed by atoms with Crippen LogP contribution in [-0.2, 0) is 54.1 Å². The number of nitrogens with one attached hydrogen (secondary N) is 2. The Morgan fingerprint density at radius 2 is 1.82 bits per heavy atom. The average molecular weight is 1010 g/mol. The molecule has 8 atom stereocenters. The quantitative estimate of drug-likeness (QED) is 0.0660. The van der Waals surface area contributed by atoms with Gasteiger partial charge < -0.3 is 43.9 Å². The van der Waals surface area contributed by atoms with Gasteiger partial charge in [0.1, 0.15) is 40.7 Å². The Kier molecular flexibility index (Phi) is 18.3. The molecule has 0 spiro atoms. The van der Waals surface area contributed by atoms with Crippen LogP contribution in [0, 0.1) is 5.92 Å². The molecule has 1 aromatic rings. The van der Waals surface area contributed by atoms with E-state index in [1.165, 1.54) is 54.0 Å². The van der Waals surface area contributed by atoms with Gasteiger partial charge in [-0.2, -0.15) is 0 Å². The zero-order valence-electron chi connectivity index (χ0n) is 40.3. The summed E-state index contributed by atoms with van der Waals surface area (Å²) in [5.41, 5.74) is -1.08. The monoisotopic (exact) mass is 1010 g/mol. The number of carbonyl (C=O) groups excluding carboxylic acids is 7. The minimum atomic E-state index is -1.86. The van der Waals surface area contributed by atoms with E-state index in [2.05, 4.69) is 10.6 Å². The Balaban J connectivity index is 1.26. The highest BCUT2D eigenvalue weighted by atomic mass is 35.5. The predicted octanol–water partition coefficient (Wildman–Crippen LogP) is 4.89. The van der Waals surface area contributed by atoms with E-state index in [-0.39, 0.29) is 53.8 Å². The van der Waals surface area contributed by atoms with Gasteiger partial charge in [0.25, 0.3) is 11.8 Å². The van der Waals surface area contributed by atoms with E-state index in [4.69, 9.17) is 35.3 Å². The maximum Gasteiger partial charge on any atom is 0.409 e. The van der Waals surface area contributed by atoms with Crippen molar-refractivity contribution in [3.63, 3.8) is 0 Å². The second kappa shape index (κ2) is 22.9. The lowest BCUT2D eigenvalue weighted by atomic mass is 9.83. The molecule has 18 nitrogen and oxygen atoms in total. The Bertz CT molecular complexity index is 2190. The van der Waals surface area contributed by atoms with Gasteiger partial charge in [0.15, 0.2) is 5.72 Å². The number of alkyl carbamates (subject to hydrolysis) is 1. The number of nitrogens with zero attached hydrogens (tertiary/aromatic N) is 3. The molecule has 6 amide bonds. The van der Waals surface area contributed by atoms with Gasteiger partial charge in [-0.3, -0.25) is 34.2 Å². The number of methoxy groups -OCH3 is 2. The van der Waals surface area contributed by atoms with E-state index in [1.54, 1.807) is 62.9 Å². The summed E-state index contributed by atoms with van der Waals surface area (Å²) in [5, 5.41) is 17.3. The van der Waals surface area contributed by atoms with Crippen molar-refractivity contribution in [2.45, 2.75) is 127 Å². The molecule has 0 radical (unpaired) electrons. The number of ether oxygens (including phenoxy) is 5. The van der Waals surface area contributed by atoms with Gasteiger partial charge in [0, 0.05) is 82.1 Å². The molecule has 1 aromatic carbocycles. The Hall–Kier alpha value is -4.60. The summed E-state index contributed by atoms with van der Waals surface area (Å²) in [7, 11) is 9.06. The highest BCUT2D eigenvalue weighted by Gasteiger charge is 2.64. The van der Waals surface area contributed by atoms with E-state index in [0.717, 1.165) is 16.0 Å². The van der Waals surface area contributed by atoms with Gasteiger partial charge >= 0.3 is 12.1 Å². The minimum absolute atomic E-state index is 0.00275. The van der Waals surface area contributed by atoms with Crippen molar-refractivity contribution in [3.05, 3.63) is 58.7 Å². The number of amides is 6. The Morgan fingerprint density at radius 1 is 1.13 bits per heavy atom. The van der Waals surface area contributed by atoms with Crippen molar-refractivity contribution in [1.82, 2.24) is 20.4 Å². The molecule has 4 aliphatic heterocycles. The standard InChI is InChI=1S/C47H64ClN5O13S2/c1-27-12-11-13-34(63-10)47(61)26-33(64-44(60)50-47)28(2)42-46(6,66-42)35(25-40(58)52(8)31-23-30(22-27)24-32(62-9)41(31)48)65-43(59)29(3)51(7)37(55)16-18-45(4,5)68-67-21-19-49-36(54)17-20-53-38(56)14-15-39(53)57/h11-15,23-24,28-29,33-35,42,61H,16-22,25-26H2,1-10H3,(H,49,54)(H,50,60)/b13-11+,27-12+/t28-,29+,33+,34-,35+,42+,46+,47+/m1/s1. The number of fused-ring (bicyclic) bond motifs is 5. The summed E-state index contributed by atoms with van der Waals surface area (Å²) < 4.78 is 29.1. The topological polar surface area (TPSA) is 223 Å². The number of anilines is 1. The van der Waals surface area contributed by atoms with Crippen molar-refractivity contribution in [1.29, 1.82) is 0 Å². The smallest absolute Gasteiger partial charge is 0.409 e.